The Hall–Kier alpha value is -2.16. The summed E-state index contributed by atoms with van der Waals surface area (Å²) < 4.78 is 0. The molecule has 0 radical (unpaired) electrons. The molecule has 0 unspecified atom stereocenters. The van der Waals surface area contributed by atoms with E-state index in [-0.39, 0.29) is 11.8 Å². The Morgan fingerprint density at radius 3 is 1.87 bits per heavy atom. The van der Waals surface area contributed by atoms with Gasteiger partial charge in [0, 0.05) is 6.92 Å². The van der Waals surface area contributed by atoms with E-state index in [1.807, 2.05) is 13.8 Å². The molecule has 9 nitrogen and oxygen atoms in total. The summed E-state index contributed by atoms with van der Waals surface area (Å²) in [5.74, 6) is -2.88. The van der Waals surface area contributed by atoms with E-state index in [1.165, 1.54) is 13.8 Å². The highest BCUT2D eigenvalue weighted by Gasteiger charge is 2.26. The Balaban J connectivity index is 4.73. The predicted octanol–water partition coefficient (Wildman–Crippen LogP) is -1.40. The van der Waals surface area contributed by atoms with Crippen LogP contribution in [0, 0.1) is 5.92 Å². The van der Waals surface area contributed by atoms with Gasteiger partial charge in [-0.3, -0.25) is 14.4 Å². The summed E-state index contributed by atoms with van der Waals surface area (Å²) in [6.45, 7) is 5.68. The first kappa shape index (κ1) is 20.8. The van der Waals surface area contributed by atoms with Crippen molar-refractivity contribution in [3.8, 4) is 0 Å². The van der Waals surface area contributed by atoms with Gasteiger partial charge in [0.05, 0.1) is 6.61 Å². The maximum Gasteiger partial charge on any atom is 0.328 e. The lowest BCUT2D eigenvalue weighted by molar-refractivity contribution is -0.143. The minimum absolute atomic E-state index is 0.146. The highest BCUT2D eigenvalue weighted by Crippen LogP contribution is 2.05. The molecule has 0 spiro atoms. The van der Waals surface area contributed by atoms with Crippen LogP contribution < -0.4 is 16.0 Å². The van der Waals surface area contributed by atoms with Crippen LogP contribution >= 0.6 is 0 Å². The average molecular weight is 331 g/mol. The van der Waals surface area contributed by atoms with Crippen molar-refractivity contribution in [1.29, 1.82) is 0 Å². The van der Waals surface area contributed by atoms with Crippen LogP contribution in [-0.4, -0.2) is 58.6 Å². The number of carbonyl (C=O) groups is 4. The first-order valence-corrected chi connectivity index (χ1v) is 7.30. The fourth-order valence-corrected chi connectivity index (χ4v) is 1.81. The minimum Gasteiger partial charge on any atom is -0.480 e. The molecule has 0 heterocycles. The number of aliphatic carboxylic acids is 1. The average Bonchev–Trinajstić information content (AvgIpc) is 2.41. The van der Waals surface area contributed by atoms with E-state index in [0.717, 1.165) is 0 Å². The molecular formula is C14H25N3O6. The van der Waals surface area contributed by atoms with Crippen molar-refractivity contribution in [2.24, 2.45) is 5.92 Å². The molecule has 0 fully saturated rings. The lowest BCUT2D eigenvalue weighted by Gasteiger charge is -2.22. The number of hydrogen-bond donors (Lipinski definition) is 5. The number of nitrogens with one attached hydrogen (secondary N) is 3. The Kier molecular flexibility index (Phi) is 8.86. The number of aliphatic hydroxyl groups is 1. The number of hydrogen-bond acceptors (Lipinski definition) is 5. The largest absolute Gasteiger partial charge is 0.480 e. The van der Waals surface area contributed by atoms with Gasteiger partial charge in [0.1, 0.15) is 18.1 Å². The molecule has 0 saturated heterocycles. The van der Waals surface area contributed by atoms with Crippen molar-refractivity contribution >= 4 is 23.7 Å². The smallest absolute Gasteiger partial charge is 0.328 e. The molecule has 0 bridgehead atoms. The summed E-state index contributed by atoms with van der Waals surface area (Å²) in [5.41, 5.74) is 0. The number of rotatable bonds is 9. The third kappa shape index (κ3) is 8.15. The fraction of sp³-hybridized carbons (Fsp3) is 0.714. The molecule has 0 aliphatic rings. The standard InChI is InChI=1S/C14H25N3O6/c1-7(2)5-10(16-9(4)19)13(21)15-8(3)12(20)17-11(6-18)14(22)23/h7-8,10-11,18H,5-6H2,1-4H3,(H,15,21)(H,16,19)(H,17,20)(H,22,23)/t8-,10-,11-/m0/s1. The monoisotopic (exact) mass is 331 g/mol. The van der Waals surface area contributed by atoms with Crippen LogP contribution in [0.15, 0.2) is 0 Å². The van der Waals surface area contributed by atoms with Gasteiger partial charge in [-0.15, -0.1) is 0 Å². The lowest BCUT2D eigenvalue weighted by Crippen LogP contribution is -2.55. The molecule has 0 saturated carbocycles. The summed E-state index contributed by atoms with van der Waals surface area (Å²) in [7, 11) is 0. The zero-order valence-electron chi connectivity index (χ0n) is 13.8. The summed E-state index contributed by atoms with van der Waals surface area (Å²) in [6, 6.07) is -3.24. The summed E-state index contributed by atoms with van der Waals surface area (Å²) in [6.07, 6.45) is 0.397. The Morgan fingerprint density at radius 2 is 1.48 bits per heavy atom. The third-order valence-corrected chi connectivity index (χ3v) is 2.95. The van der Waals surface area contributed by atoms with Gasteiger partial charge in [-0.25, -0.2) is 4.79 Å². The lowest BCUT2D eigenvalue weighted by atomic mass is 10.0. The van der Waals surface area contributed by atoms with Gasteiger partial charge in [0.25, 0.3) is 0 Å². The van der Waals surface area contributed by atoms with Gasteiger partial charge in [-0.05, 0) is 19.3 Å². The van der Waals surface area contributed by atoms with E-state index < -0.39 is 42.5 Å². The summed E-state index contributed by atoms with van der Waals surface area (Å²) in [5, 5.41) is 24.7. The summed E-state index contributed by atoms with van der Waals surface area (Å²) in [4.78, 5) is 45.9. The van der Waals surface area contributed by atoms with Gasteiger partial charge in [0.2, 0.25) is 17.7 Å². The Bertz CT molecular complexity index is 452. The van der Waals surface area contributed by atoms with E-state index in [2.05, 4.69) is 16.0 Å². The van der Waals surface area contributed by atoms with Gasteiger partial charge in [0.15, 0.2) is 0 Å². The van der Waals surface area contributed by atoms with Crippen LogP contribution in [0.25, 0.3) is 0 Å². The predicted molar refractivity (Wildman–Crippen MR) is 81.3 cm³/mol. The molecule has 0 aliphatic carbocycles. The van der Waals surface area contributed by atoms with Crippen LogP contribution in [0.3, 0.4) is 0 Å². The number of aliphatic hydroxyl groups excluding tert-OH is 1. The molecule has 0 aromatic heterocycles. The van der Waals surface area contributed by atoms with E-state index in [4.69, 9.17) is 10.2 Å². The summed E-state index contributed by atoms with van der Waals surface area (Å²) >= 11 is 0. The van der Waals surface area contributed by atoms with Gasteiger partial charge >= 0.3 is 5.97 Å². The van der Waals surface area contributed by atoms with Crippen molar-refractivity contribution in [1.82, 2.24) is 16.0 Å². The minimum atomic E-state index is -1.44. The van der Waals surface area contributed by atoms with Crippen molar-refractivity contribution in [2.75, 3.05) is 6.61 Å². The number of carbonyl (C=O) groups excluding carboxylic acids is 3. The second kappa shape index (κ2) is 9.78. The SMILES string of the molecule is CC(=O)N[C@@H](CC(C)C)C(=O)N[C@@H](C)C(=O)N[C@@H](CO)C(=O)O. The molecule has 0 rings (SSSR count). The molecule has 0 aromatic carbocycles. The van der Waals surface area contributed by atoms with Gasteiger partial charge in [-0.1, -0.05) is 13.8 Å². The molecule has 132 valence electrons. The maximum atomic E-state index is 12.1. The normalized spacial score (nSPS) is 14.5. The van der Waals surface area contributed by atoms with E-state index in [0.29, 0.717) is 6.42 Å². The van der Waals surface area contributed by atoms with Gasteiger partial charge in [-0.2, -0.15) is 0 Å². The van der Waals surface area contributed by atoms with Crippen LogP contribution in [-0.2, 0) is 19.2 Å². The van der Waals surface area contributed by atoms with Crippen molar-refractivity contribution in [2.45, 2.75) is 52.2 Å². The molecular weight excluding hydrogens is 306 g/mol. The van der Waals surface area contributed by atoms with Crippen LogP contribution in [0.5, 0.6) is 0 Å². The fourth-order valence-electron chi connectivity index (χ4n) is 1.81. The van der Waals surface area contributed by atoms with Crippen molar-refractivity contribution in [3.63, 3.8) is 0 Å². The first-order chi connectivity index (χ1) is 10.6. The zero-order chi connectivity index (χ0) is 18.2. The molecule has 3 atom stereocenters. The zero-order valence-corrected chi connectivity index (χ0v) is 13.8. The van der Waals surface area contributed by atoms with Gasteiger partial charge < -0.3 is 26.2 Å². The number of amides is 3. The number of carboxylic acids is 1. The second-order valence-corrected chi connectivity index (χ2v) is 5.69. The van der Waals surface area contributed by atoms with E-state index in [9.17, 15) is 19.2 Å². The third-order valence-electron chi connectivity index (χ3n) is 2.95. The molecule has 0 aromatic rings. The highest BCUT2D eigenvalue weighted by atomic mass is 16.4. The Labute approximate surface area is 134 Å². The molecule has 0 aliphatic heterocycles. The number of carboxylic acid groups (broad SMARTS) is 1. The van der Waals surface area contributed by atoms with E-state index in [1.54, 1.807) is 0 Å². The van der Waals surface area contributed by atoms with Crippen molar-refractivity contribution in [3.05, 3.63) is 0 Å². The Morgan fingerprint density at radius 1 is 0.913 bits per heavy atom. The molecule has 23 heavy (non-hydrogen) atoms. The quantitative estimate of drug-likeness (QED) is 0.351. The molecule has 3 amide bonds. The topological polar surface area (TPSA) is 145 Å². The maximum absolute atomic E-state index is 12.1. The molecule has 9 heteroatoms. The highest BCUT2D eigenvalue weighted by molar-refractivity contribution is 5.92. The molecule has 5 N–H and O–H groups in total. The van der Waals surface area contributed by atoms with Crippen LogP contribution in [0.2, 0.25) is 0 Å². The first-order valence-electron chi connectivity index (χ1n) is 7.30. The van der Waals surface area contributed by atoms with Crippen LogP contribution in [0.1, 0.15) is 34.1 Å². The van der Waals surface area contributed by atoms with Crippen molar-refractivity contribution < 1.29 is 29.4 Å². The van der Waals surface area contributed by atoms with E-state index >= 15 is 0 Å². The van der Waals surface area contributed by atoms with Crippen LogP contribution in [0.4, 0.5) is 0 Å². The second-order valence-electron chi connectivity index (χ2n) is 5.69.